The minimum Gasteiger partial charge on any atom is -0.355 e. The Morgan fingerprint density at radius 2 is 2.19 bits per heavy atom. The van der Waals surface area contributed by atoms with E-state index in [2.05, 4.69) is 35.1 Å². The van der Waals surface area contributed by atoms with Gasteiger partial charge in [0.1, 0.15) is 0 Å². The second kappa shape index (κ2) is 7.90. The van der Waals surface area contributed by atoms with Crippen LogP contribution < -0.4 is 9.88 Å². The Morgan fingerprint density at radius 3 is 2.90 bits per heavy atom. The van der Waals surface area contributed by atoms with E-state index in [4.69, 9.17) is 0 Å². The second-order valence-corrected chi connectivity index (χ2v) is 7.98. The molecular formula is C16H23N2OS2+. The van der Waals surface area contributed by atoms with Gasteiger partial charge in [-0.15, -0.1) is 0 Å². The Bertz CT molecular complexity index is 511. The van der Waals surface area contributed by atoms with Gasteiger partial charge in [-0.2, -0.15) is 4.57 Å². The highest BCUT2D eigenvalue weighted by Gasteiger charge is 2.37. The SMILES string of the molecule is CC=Cc1cccc[n+]1CCCNC(=O)C1(C)CSSC1. The van der Waals surface area contributed by atoms with Crippen LogP contribution in [0.4, 0.5) is 0 Å². The lowest BCUT2D eigenvalue weighted by Gasteiger charge is -2.20. The molecule has 1 fully saturated rings. The third kappa shape index (κ3) is 4.51. The fourth-order valence-electron chi connectivity index (χ4n) is 2.20. The van der Waals surface area contributed by atoms with Gasteiger partial charge in [0.25, 0.3) is 0 Å². The van der Waals surface area contributed by atoms with Crippen LogP contribution in [0.5, 0.6) is 0 Å². The lowest BCUT2D eigenvalue weighted by atomic mass is 9.95. The summed E-state index contributed by atoms with van der Waals surface area (Å²) in [5.74, 6) is 2.04. The fraction of sp³-hybridized carbons (Fsp3) is 0.500. The van der Waals surface area contributed by atoms with Crippen molar-refractivity contribution < 1.29 is 9.36 Å². The maximum Gasteiger partial charge on any atom is 0.227 e. The molecule has 21 heavy (non-hydrogen) atoms. The quantitative estimate of drug-likeness (QED) is 0.496. The van der Waals surface area contributed by atoms with Gasteiger partial charge in [0.05, 0.1) is 5.41 Å². The van der Waals surface area contributed by atoms with Gasteiger partial charge in [-0.05, 0) is 19.9 Å². The molecule has 3 nitrogen and oxygen atoms in total. The average Bonchev–Trinajstić information content (AvgIpc) is 2.93. The number of nitrogens with zero attached hydrogens (tertiary/aromatic N) is 1. The number of allylic oxidation sites excluding steroid dienone is 1. The van der Waals surface area contributed by atoms with Crippen molar-refractivity contribution in [1.29, 1.82) is 0 Å². The highest BCUT2D eigenvalue weighted by atomic mass is 33.1. The lowest BCUT2D eigenvalue weighted by Crippen LogP contribution is -2.43. The van der Waals surface area contributed by atoms with Gasteiger partial charge in [-0.25, -0.2) is 0 Å². The van der Waals surface area contributed by atoms with E-state index in [1.54, 1.807) is 21.6 Å². The molecule has 0 radical (unpaired) electrons. The first kappa shape index (κ1) is 16.4. The van der Waals surface area contributed by atoms with Crippen LogP contribution in [0.25, 0.3) is 6.08 Å². The van der Waals surface area contributed by atoms with Crippen molar-refractivity contribution in [2.45, 2.75) is 26.8 Å². The summed E-state index contributed by atoms with van der Waals surface area (Å²) in [6.07, 6.45) is 7.18. The first-order valence-corrected chi connectivity index (χ1v) is 9.78. The van der Waals surface area contributed by atoms with Crippen LogP contribution in [-0.2, 0) is 11.3 Å². The summed E-state index contributed by atoms with van der Waals surface area (Å²) in [5.41, 5.74) is 1.01. The molecule has 0 spiro atoms. The van der Waals surface area contributed by atoms with E-state index < -0.39 is 0 Å². The molecule has 0 aliphatic carbocycles. The van der Waals surface area contributed by atoms with Crippen LogP contribution in [0.2, 0.25) is 0 Å². The molecule has 1 aromatic heterocycles. The molecular weight excluding hydrogens is 300 g/mol. The molecule has 2 rings (SSSR count). The number of carbonyl (C=O) groups excluding carboxylic acids is 1. The number of aryl methyl sites for hydroxylation is 1. The largest absolute Gasteiger partial charge is 0.355 e. The Hall–Kier alpha value is -0.940. The average molecular weight is 324 g/mol. The van der Waals surface area contributed by atoms with Crippen molar-refractivity contribution in [1.82, 2.24) is 5.32 Å². The maximum atomic E-state index is 12.2. The third-order valence-corrected chi connectivity index (χ3v) is 6.44. The molecule has 2 heterocycles. The van der Waals surface area contributed by atoms with Crippen LogP contribution in [0, 0.1) is 5.41 Å². The normalized spacial score (nSPS) is 17.2. The number of carbonyl (C=O) groups is 1. The van der Waals surface area contributed by atoms with Crippen LogP contribution in [0.3, 0.4) is 0 Å². The summed E-state index contributed by atoms with van der Waals surface area (Å²) >= 11 is 0. The zero-order chi connectivity index (χ0) is 15.1. The number of pyridine rings is 1. The highest BCUT2D eigenvalue weighted by Crippen LogP contribution is 2.42. The summed E-state index contributed by atoms with van der Waals surface area (Å²) in [6.45, 7) is 5.74. The molecule has 1 saturated heterocycles. The van der Waals surface area contributed by atoms with Crippen molar-refractivity contribution >= 4 is 33.6 Å². The van der Waals surface area contributed by atoms with Crippen LogP contribution in [-0.4, -0.2) is 24.0 Å². The summed E-state index contributed by atoms with van der Waals surface area (Å²) in [5, 5.41) is 3.09. The zero-order valence-electron chi connectivity index (χ0n) is 12.7. The van der Waals surface area contributed by atoms with E-state index in [9.17, 15) is 4.79 Å². The van der Waals surface area contributed by atoms with E-state index in [0.717, 1.165) is 31.0 Å². The van der Waals surface area contributed by atoms with Gasteiger partial charge in [0.15, 0.2) is 12.7 Å². The molecule has 1 amide bonds. The Balaban J connectivity index is 1.78. The van der Waals surface area contributed by atoms with Crippen molar-refractivity contribution in [3.8, 4) is 0 Å². The smallest absolute Gasteiger partial charge is 0.227 e. The Kier molecular flexibility index (Phi) is 6.18. The predicted molar refractivity (Wildman–Crippen MR) is 92.0 cm³/mol. The van der Waals surface area contributed by atoms with Crippen molar-refractivity contribution in [2.24, 2.45) is 5.41 Å². The molecule has 1 aliphatic heterocycles. The van der Waals surface area contributed by atoms with Gasteiger partial charge in [-0.3, -0.25) is 4.79 Å². The number of rotatable bonds is 6. The molecule has 0 atom stereocenters. The number of aromatic nitrogens is 1. The van der Waals surface area contributed by atoms with Crippen molar-refractivity contribution in [3.63, 3.8) is 0 Å². The van der Waals surface area contributed by atoms with Crippen molar-refractivity contribution in [2.75, 3.05) is 18.1 Å². The van der Waals surface area contributed by atoms with Gasteiger partial charge < -0.3 is 5.32 Å². The Morgan fingerprint density at radius 1 is 1.43 bits per heavy atom. The molecule has 114 valence electrons. The van der Waals surface area contributed by atoms with E-state index in [0.29, 0.717) is 0 Å². The second-order valence-electron chi connectivity index (χ2n) is 5.51. The van der Waals surface area contributed by atoms with Crippen LogP contribution in [0.1, 0.15) is 26.0 Å². The molecule has 1 aliphatic rings. The number of hydrogen-bond acceptors (Lipinski definition) is 3. The molecule has 1 aromatic rings. The van der Waals surface area contributed by atoms with Gasteiger partial charge in [0.2, 0.25) is 11.6 Å². The molecule has 0 aromatic carbocycles. The summed E-state index contributed by atoms with van der Waals surface area (Å²) in [4.78, 5) is 12.2. The zero-order valence-corrected chi connectivity index (χ0v) is 14.3. The molecule has 1 N–H and O–H groups in total. The standard InChI is InChI=1S/C16H22N2OS2/c1-3-7-14-8-4-5-10-18(14)11-6-9-17-15(19)16(2)12-20-21-13-16/h3-5,7-8,10H,6,9,11-13H2,1-2H3/p+1. The van der Waals surface area contributed by atoms with Gasteiger partial charge >= 0.3 is 0 Å². The topological polar surface area (TPSA) is 33.0 Å². The van der Waals surface area contributed by atoms with Gasteiger partial charge in [-0.1, -0.05) is 27.7 Å². The van der Waals surface area contributed by atoms with E-state index >= 15 is 0 Å². The maximum absolute atomic E-state index is 12.2. The minimum atomic E-state index is -0.189. The monoisotopic (exact) mass is 323 g/mol. The summed E-state index contributed by atoms with van der Waals surface area (Å²) < 4.78 is 2.22. The van der Waals surface area contributed by atoms with E-state index in [-0.39, 0.29) is 11.3 Å². The number of amides is 1. The first-order chi connectivity index (χ1) is 10.2. The molecule has 0 unspecified atom stereocenters. The van der Waals surface area contributed by atoms with Crippen LogP contribution in [0.15, 0.2) is 30.5 Å². The number of nitrogens with one attached hydrogen (secondary N) is 1. The summed E-state index contributed by atoms with van der Waals surface area (Å²) in [6, 6.07) is 6.19. The fourth-order valence-corrected chi connectivity index (χ4v) is 5.54. The van der Waals surface area contributed by atoms with Crippen molar-refractivity contribution in [3.05, 3.63) is 36.2 Å². The Labute approximate surface area is 135 Å². The predicted octanol–water partition coefficient (Wildman–Crippen LogP) is 2.91. The number of hydrogen-bond donors (Lipinski definition) is 1. The molecule has 0 saturated carbocycles. The first-order valence-electron chi connectivity index (χ1n) is 7.29. The highest BCUT2D eigenvalue weighted by molar-refractivity contribution is 8.77. The van der Waals surface area contributed by atoms with Crippen LogP contribution >= 0.6 is 21.6 Å². The molecule has 5 heteroatoms. The minimum absolute atomic E-state index is 0.189. The summed E-state index contributed by atoms with van der Waals surface area (Å²) in [7, 11) is 3.59. The van der Waals surface area contributed by atoms with Gasteiger partial charge in [0, 0.05) is 42.7 Å². The third-order valence-electron chi connectivity index (χ3n) is 3.56. The van der Waals surface area contributed by atoms with E-state index in [1.807, 2.05) is 25.1 Å². The lowest BCUT2D eigenvalue weighted by molar-refractivity contribution is -0.698. The molecule has 0 bridgehead atoms. The van der Waals surface area contributed by atoms with E-state index in [1.165, 1.54) is 5.69 Å².